The van der Waals surface area contributed by atoms with Crippen LogP contribution in [-0.2, 0) is 11.2 Å². The number of hydrogen-bond donors (Lipinski definition) is 2. The van der Waals surface area contributed by atoms with Crippen LogP contribution in [0.15, 0.2) is 29.4 Å². The minimum absolute atomic E-state index is 0.0334. The summed E-state index contributed by atoms with van der Waals surface area (Å²) in [7, 11) is 0. The number of nitrogen functional groups attached to an aromatic ring is 1. The van der Waals surface area contributed by atoms with Crippen LogP contribution in [0.5, 0.6) is 0 Å². The summed E-state index contributed by atoms with van der Waals surface area (Å²) < 4.78 is 1.52. The number of amides is 1. The number of benzene rings is 1. The number of hydrogen-bond acceptors (Lipinski definition) is 5. The van der Waals surface area contributed by atoms with Crippen LogP contribution >= 0.6 is 11.8 Å². The zero-order chi connectivity index (χ0) is 18.7. The van der Waals surface area contributed by atoms with Gasteiger partial charge in [0, 0.05) is 5.92 Å². The molecule has 1 saturated carbocycles. The van der Waals surface area contributed by atoms with Crippen molar-refractivity contribution in [1.82, 2.24) is 20.2 Å². The third kappa shape index (κ3) is 4.78. The van der Waals surface area contributed by atoms with E-state index in [0.717, 1.165) is 30.7 Å². The second-order valence-electron chi connectivity index (χ2n) is 7.40. The Morgan fingerprint density at radius 1 is 1.27 bits per heavy atom. The standard InChI is InChI=1S/C19H27N5OS/c1-12(2)10-14-4-6-15(7-5-14)13(3)21-17(25)11-26-19-23-22-18(24(19)20)16-8-9-16/h4-7,12-13,16H,8-11,20H2,1-3H3,(H,21,25). The fourth-order valence-corrected chi connectivity index (χ4v) is 3.59. The highest BCUT2D eigenvalue weighted by atomic mass is 32.2. The smallest absolute Gasteiger partial charge is 0.230 e. The van der Waals surface area contributed by atoms with Gasteiger partial charge in [0.05, 0.1) is 11.8 Å². The monoisotopic (exact) mass is 373 g/mol. The van der Waals surface area contributed by atoms with Crippen molar-refractivity contribution in [1.29, 1.82) is 0 Å². The van der Waals surface area contributed by atoms with Gasteiger partial charge in [-0.25, -0.2) is 4.68 Å². The average Bonchev–Trinajstić information content (AvgIpc) is 3.36. The maximum absolute atomic E-state index is 12.2. The van der Waals surface area contributed by atoms with Crippen LogP contribution < -0.4 is 11.2 Å². The Kier molecular flexibility index (Phi) is 5.86. The normalized spacial score (nSPS) is 15.2. The van der Waals surface area contributed by atoms with Gasteiger partial charge in [-0.3, -0.25) is 4.79 Å². The van der Waals surface area contributed by atoms with Gasteiger partial charge in [0.25, 0.3) is 0 Å². The van der Waals surface area contributed by atoms with E-state index in [1.165, 1.54) is 22.0 Å². The van der Waals surface area contributed by atoms with Crippen molar-refractivity contribution in [3.05, 3.63) is 41.2 Å². The molecule has 0 bridgehead atoms. The number of carbonyl (C=O) groups is 1. The number of aromatic nitrogens is 3. The third-order valence-electron chi connectivity index (χ3n) is 4.47. The predicted octanol–water partition coefficient (Wildman–Crippen LogP) is 3.04. The minimum Gasteiger partial charge on any atom is -0.349 e. The van der Waals surface area contributed by atoms with Crippen LogP contribution in [0.4, 0.5) is 0 Å². The lowest BCUT2D eigenvalue weighted by Crippen LogP contribution is -2.28. The molecule has 7 heteroatoms. The number of nitrogens with two attached hydrogens (primary N) is 1. The van der Waals surface area contributed by atoms with Crippen LogP contribution in [0, 0.1) is 5.92 Å². The average molecular weight is 374 g/mol. The second-order valence-corrected chi connectivity index (χ2v) is 8.34. The zero-order valence-electron chi connectivity index (χ0n) is 15.6. The lowest BCUT2D eigenvalue weighted by molar-refractivity contribution is -0.119. The molecule has 3 N–H and O–H groups in total. The Morgan fingerprint density at radius 2 is 1.96 bits per heavy atom. The van der Waals surface area contributed by atoms with Crippen LogP contribution in [0.1, 0.15) is 62.5 Å². The highest BCUT2D eigenvalue weighted by Crippen LogP contribution is 2.39. The van der Waals surface area contributed by atoms with Crippen molar-refractivity contribution in [3.8, 4) is 0 Å². The van der Waals surface area contributed by atoms with Gasteiger partial charge in [-0.05, 0) is 43.2 Å². The molecule has 6 nitrogen and oxygen atoms in total. The molecule has 3 rings (SSSR count). The van der Waals surface area contributed by atoms with Crippen molar-refractivity contribution in [3.63, 3.8) is 0 Å². The number of thioether (sulfide) groups is 1. The predicted molar refractivity (Wildman–Crippen MR) is 104 cm³/mol. The van der Waals surface area contributed by atoms with E-state index in [4.69, 9.17) is 5.84 Å². The molecule has 1 atom stereocenters. The molecule has 2 aromatic rings. The SMILES string of the molecule is CC(C)Cc1ccc(C(C)NC(=O)CSc2nnc(C3CC3)n2N)cc1. The third-order valence-corrected chi connectivity index (χ3v) is 5.41. The fourth-order valence-electron chi connectivity index (χ4n) is 2.92. The molecule has 1 fully saturated rings. The molecule has 0 spiro atoms. The van der Waals surface area contributed by atoms with Gasteiger partial charge in [0.1, 0.15) is 0 Å². The summed E-state index contributed by atoms with van der Waals surface area (Å²) in [6.45, 7) is 6.42. The minimum atomic E-state index is -0.0373. The molecule has 1 aliphatic carbocycles. The molecular weight excluding hydrogens is 346 g/mol. The van der Waals surface area contributed by atoms with E-state index in [0.29, 0.717) is 17.0 Å². The summed E-state index contributed by atoms with van der Waals surface area (Å²) in [5.74, 6) is 8.15. The Hall–Kier alpha value is -2.02. The summed E-state index contributed by atoms with van der Waals surface area (Å²) in [6.07, 6.45) is 3.31. The van der Waals surface area contributed by atoms with Gasteiger partial charge in [-0.1, -0.05) is 49.9 Å². The summed E-state index contributed by atoms with van der Waals surface area (Å²) in [5, 5.41) is 11.8. The van der Waals surface area contributed by atoms with Gasteiger partial charge in [-0.15, -0.1) is 10.2 Å². The second kappa shape index (κ2) is 8.12. The lowest BCUT2D eigenvalue weighted by Gasteiger charge is -2.15. The van der Waals surface area contributed by atoms with E-state index in [1.807, 2.05) is 6.92 Å². The molecule has 0 radical (unpaired) electrons. The molecule has 0 aliphatic heterocycles. The molecule has 0 saturated heterocycles. The Morgan fingerprint density at radius 3 is 2.58 bits per heavy atom. The van der Waals surface area contributed by atoms with Gasteiger partial charge in [0.15, 0.2) is 5.82 Å². The summed E-state index contributed by atoms with van der Waals surface area (Å²) >= 11 is 1.32. The zero-order valence-corrected chi connectivity index (χ0v) is 16.4. The van der Waals surface area contributed by atoms with E-state index in [1.54, 1.807) is 0 Å². The highest BCUT2D eigenvalue weighted by molar-refractivity contribution is 7.99. The van der Waals surface area contributed by atoms with E-state index >= 15 is 0 Å². The number of nitrogens with zero attached hydrogens (tertiary/aromatic N) is 3. The van der Waals surface area contributed by atoms with Gasteiger partial charge in [0.2, 0.25) is 11.1 Å². The van der Waals surface area contributed by atoms with Crippen LogP contribution in [0.2, 0.25) is 0 Å². The molecule has 1 amide bonds. The number of nitrogens with one attached hydrogen (secondary N) is 1. The summed E-state index contributed by atoms with van der Waals surface area (Å²) in [4.78, 5) is 12.2. The van der Waals surface area contributed by atoms with E-state index in [-0.39, 0.29) is 17.7 Å². The highest BCUT2D eigenvalue weighted by Gasteiger charge is 2.30. The van der Waals surface area contributed by atoms with Crippen molar-refractivity contribution < 1.29 is 4.79 Å². The summed E-state index contributed by atoms with van der Waals surface area (Å²) in [5.41, 5.74) is 2.43. The molecule has 1 aromatic heterocycles. The first kappa shape index (κ1) is 18.8. The van der Waals surface area contributed by atoms with E-state index < -0.39 is 0 Å². The summed E-state index contributed by atoms with van der Waals surface area (Å²) in [6, 6.07) is 8.43. The Bertz CT molecular complexity index is 752. The molecule has 140 valence electrons. The molecule has 1 heterocycles. The van der Waals surface area contributed by atoms with Crippen LogP contribution in [0.3, 0.4) is 0 Å². The molecule has 1 aromatic carbocycles. The van der Waals surface area contributed by atoms with Crippen molar-refractivity contribution in [2.24, 2.45) is 5.92 Å². The maximum atomic E-state index is 12.2. The topological polar surface area (TPSA) is 85.8 Å². The van der Waals surface area contributed by atoms with Crippen LogP contribution in [-0.4, -0.2) is 26.5 Å². The Labute approximate surface area is 158 Å². The van der Waals surface area contributed by atoms with Gasteiger partial charge < -0.3 is 11.2 Å². The van der Waals surface area contributed by atoms with Crippen molar-refractivity contribution in [2.75, 3.05) is 11.6 Å². The fraction of sp³-hybridized carbons (Fsp3) is 0.526. The molecular formula is C19H27N5OS. The largest absolute Gasteiger partial charge is 0.349 e. The van der Waals surface area contributed by atoms with Gasteiger partial charge in [-0.2, -0.15) is 0 Å². The van der Waals surface area contributed by atoms with Crippen molar-refractivity contribution in [2.45, 2.75) is 57.1 Å². The Balaban J connectivity index is 1.49. The van der Waals surface area contributed by atoms with Gasteiger partial charge >= 0.3 is 0 Å². The first-order valence-corrected chi connectivity index (χ1v) is 10.1. The van der Waals surface area contributed by atoms with E-state index in [9.17, 15) is 4.79 Å². The van der Waals surface area contributed by atoms with Crippen molar-refractivity contribution >= 4 is 17.7 Å². The number of carbonyl (C=O) groups excluding carboxylic acids is 1. The maximum Gasteiger partial charge on any atom is 0.230 e. The first-order chi connectivity index (χ1) is 12.4. The number of rotatable bonds is 8. The molecule has 1 unspecified atom stereocenters. The lowest BCUT2D eigenvalue weighted by atomic mass is 10.00. The molecule has 1 aliphatic rings. The quantitative estimate of drug-likeness (QED) is 0.549. The van der Waals surface area contributed by atoms with E-state index in [2.05, 4.69) is 53.6 Å². The molecule has 26 heavy (non-hydrogen) atoms. The van der Waals surface area contributed by atoms with Crippen LogP contribution in [0.25, 0.3) is 0 Å². The first-order valence-electron chi connectivity index (χ1n) is 9.15.